The van der Waals surface area contributed by atoms with Crippen LogP contribution in [0.25, 0.3) is 27.7 Å². The number of aromatic nitrogens is 2. The summed E-state index contributed by atoms with van der Waals surface area (Å²) in [6.45, 7) is 4.65. The van der Waals surface area contributed by atoms with Crippen LogP contribution in [0, 0.1) is 0 Å². The van der Waals surface area contributed by atoms with Crippen LogP contribution in [0.4, 0.5) is 0 Å². The maximum absolute atomic E-state index is 3.80. The van der Waals surface area contributed by atoms with Crippen LogP contribution in [0.1, 0.15) is 5.56 Å². The zero-order valence-electron chi connectivity index (χ0n) is 12.7. The van der Waals surface area contributed by atoms with E-state index in [1.165, 1.54) is 27.1 Å². The highest BCUT2D eigenvalue weighted by Crippen LogP contribution is 2.28. The van der Waals surface area contributed by atoms with Crippen molar-refractivity contribution in [1.29, 1.82) is 0 Å². The molecule has 0 saturated heterocycles. The largest absolute Gasteiger partial charge is 1.00 e. The minimum Gasteiger partial charge on any atom is -1.00 e. The van der Waals surface area contributed by atoms with E-state index in [9.17, 15) is 0 Å². The molecule has 1 heterocycles. The molecule has 0 N–H and O–H groups in total. The minimum absolute atomic E-state index is 0. The van der Waals surface area contributed by atoms with E-state index in [0.717, 1.165) is 6.54 Å². The summed E-state index contributed by atoms with van der Waals surface area (Å²) in [5.41, 5.74) is 1.36. The third-order valence-electron chi connectivity index (χ3n) is 4.15. The van der Waals surface area contributed by atoms with Crippen LogP contribution >= 0.6 is 0 Å². The third kappa shape index (κ3) is 2.73. The van der Waals surface area contributed by atoms with Crippen molar-refractivity contribution in [1.82, 2.24) is 4.57 Å². The van der Waals surface area contributed by atoms with Gasteiger partial charge in [0.2, 0.25) is 6.33 Å². The molecule has 0 spiro atoms. The molecule has 4 rings (SSSR count). The van der Waals surface area contributed by atoms with Crippen LogP contribution in [0.15, 0.2) is 79.9 Å². The average Bonchev–Trinajstić information content (AvgIpc) is 3.02. The molecule has 0 saturated carbocycles. The maximum Gasteiger partial charge on any atom is 0.248 e. The number of nitrogens with zero attached hydrogens (tertiary/aromatic N) is 2. The Balaban J connectivity index is 0.00000156. The summed E-state index contributed by atoms with van der Waals surface area (Å²) < 4.78 is 4.16. The highest BCUT2D eigenvalue weighted by molar-refractivity contribution is 6.02. The highest BCUT2D eigenvalue weighted by atomic mass is 35.5. The Labute approximate surface area is 141 Å². The molecule has 0 radical (unpaired) electrons. The van der Waals surface area contributed by atoms with Crippen molar-refractivity contribution < 1.29 is 17.0 Å². The van der Waals surface area contributed by atoms with Crippen LogP contribution in [-0.2, 0) is 6.54 Å². The van der Waals surface area contributed by atoms with Gasteiger partial charge in [-0.3, -0.25) is 0 Å². The molecule has 3 aromatic carbocycles. The van der Waals surface area contributed by atoms with E-state index in [0.29, 0.717) is 0 Å². The molecule has 3 heteroatoms. The van der Waals surface area contributed by atoms with Crippen LogP contribution in [0.2, 0.25) is 0 Å². The van der Waals surface area contributed by atoms with E-state index in [1.807, 2.05) is 10.8 Å². The fourth-order valence-corrected chi connectivity index (χ4v) is 3.07. The second kappa shape index (κ2) is 6.27. The SMILES string of the molecule is C=Cn1cc[n+](Cc2c3ccccc3cc3ccccc23)c1.[Cl-]. The van der Waals surface area contributed by atoms with E-state index in [1.54, 1.807) is 6.20 Å². The Morgan fingerprint density at radius 1 is 0.957 bits per heavy atom. The fraction of sp³-hybridized carbons (Fsp3) is 0.0500. The van der Waals surface area contributed by atoms with Crippen molar-refractivity contribution in [3.05, 3.63) is 85.5 Å². The molecule has 0 amide bonds. The first kappa shape index (κ1) is 15.3. The fourth-order valence-electron chi connectivity index (χ4n) is 3.07. The van der Waals surface area contributed by atoms with Gasteiger partial charge in [-0.15, -0.1) is 0 Å². The Bertz CT molecular complexity index is 931. The van der Waals surface area contributed by atoms with Gasteiger partial charge in [0.05, 0.1) is 6.20 Å². The van der Waals surface area contributed by atoms with Crippen LogP contribution in [-0.4, -0.2) is 4.57 Å². The predicted octanol–water partition coefficient (Wildman–Crippen LogP) is 1.23. The van der Waals surface area contributed by atoms with E-state index < -0.39 is 0 Å². The van der Waals surface area contributed by atoms with Gasteiger partial charge in [-0.1, -0.05) is 55.1 Å². The first-order valence-electron chi connectivity index (χ1n) is 7.43. The molecule has 0 aliphatic rings. The summed E-state index contributed by atoms with van der Waals surface area (Å²) in [7, 11) is 0. The van der Waals surface area contributed by atoms with Crippen molar-refractivity contribution in [3.63, 3.8) is 0 Å². The van der Waals surface area contributed by atoms with Crippen LogP contribution < -0.4 is 17.0 Å². The number of halogens is 1. The number of imidazole rings is 1. The molecule has 23 heavy (non-hydrogen) atoms. The molecule has 0 atom stereocenters. The molecule has 0 fully saturated rings. The number of hydrogen-bond donors (Lipinski definition) is 0. The zero-order chi connectivity index (χ0) is 14.9. The van der Waals surface area contributed by atoms with Crippen LogP contribution in [0.5, 0.6) is 0 Å². The Kier molecular flexibility index (Phi) is 4.18. The number of fused-ring (bicyclic) bond motifs is 2. The zero-order valence-corrected chi connectivity index (χ0v) is 13.4. The number of hydrogen-bond acceptors (Lipinski definition) is 0. The Hall–Kier alpha value is -2.58. The van der Waals surface area contributed by atoms with Gasteiger partial charge in [0.15, 0.2) is 0 Å². The Morgan fingerprint density at radius 2 is 1.57 bits per heavy atom. The highest BCUT2D eigenvalue weighted by Gasteiger charge is 2.10. The molecule has 4 aromatic rings. The number of rotatable bonds is 3. The lowest BCUT2D eigenvalue weighted by Gasteiger charge is -2.10. The molecule has 2 nitrogen and oxygen atoms in total. The molecule has 0 bridgehead atoms. The first-order chi connectivity index (χ1) is 10.8. The summed E-state index contributed by atoms with van der Waals surface area (Å²) in [6.07, 6.45) is 7.96. The molecule has 0 unspecified atom stereocenters. The van der Waals surface area contributed by atoms with Gasteiger partial charge < -0.3 is 12.4 Å². The van der Waals surface area contributed by atoms with Crippen molar-refractivity contribution in [2.45, 2.75) is 6.54 Å². The van der Waals surface area contributed by atoms with Crippen molar-refractivity contribution in [2.75, 3.05) is 0 Å². The molecule has 1 aromatic heterocycles. The Morgan fingerprint density at radius 3 is 2.13 bits per heavy atom. The van der Waals surface area contributed by atoms with Crippen molar-refractivity contribution in [2.24, 2.45) is 0 Å². The van der Waals surface area contributed by atoms with Crippen LogP contribution in [0.3, 0.4) is 0 Å². The quantitative estimate of drug-likeness (QED) is 0.397. The van der Waals surface area contributed by atoms with E-state index in [-0.39, 0.29) is 12.4 Å². The topological polar surface area (TPSA) is 8.81 Å². The van der Waals surface area contributed by atoms with Gasteiger partial charge in [0.1, 0.15) is 18.9 Å². The summed E-state index contributed by atoms with van der Waals surface area (Å²) >= 11 is 0. The van der Waals surface area contributed by atoms with Gasteiger partial charge in [0, 0.05) is 5.56 Å². The number of benzene rings is 3. The monoisotopic (exact) mass is 320 g/mol. The molecular weight excluding hydrogens is 304 g/mol. The lowest BCUT2D eigenvalue weighted by atomic mass is 9.97. The van der Waals surface area contributed by atoms with Gasteiger partial charge in [-0.2, -0.15) is 0 Å². The van der Waals surface area contributed by atoms with E-state index in [2.05, 4.69) is 78.3 Å². The van der Waals surface area contributed by atoms with Crippen molar-refractivity contribution in [3.8, 4) is 0 Å². The summed E-state index contributed by atoms with van der Waals surface area (Å²) in [6, 6.07) is 19.5. The average molecular weight is 321 g/mol. The lowest BCUT2D eigenvalue weighted by molar-refractivity contribution is -0.687. The molecule has 0 aliphatic heterocycles. The van der Waals surface area contributed by atoms with E-state index in [4.69, 9.17) is 0 Å². The second-order valence-electron chi connectivity index (χ2n) is 5.51. The van der Waals surface area contributed by atoms with Gasteiger partial charge >= 0.3 is 0 Å². The first-order valence-corrected chi connectivity index (χ1v) is 7.43. The van der Waals surface area contributed by atoms with Gasteiger partial charge in [0.25, 0.3) is 0 Å². The second-order valence-corrected chi connectivity index (χ2v) is 5.51. The van der Waals surface area contributed by atoms with E-state index >= 15 is 0 Å². The maximum atomic E-state index is 3.80. The summed E-state index contributed by atoms with van der Waals surface area (Å²) in [5.74, 6) is 0. The van der Waals surface area contributed by atoms with Crippen molar-refractivity contribution >= 4 is 27.7 Å². The molecule has 114 valence electrons. The molecule has 0 aliphatic carbocycles. The van der Waals surface area contributed by atoms with Gasteiger partial charge in [-0.05, 0) is 27.6 Å². The third-order valence-corrected chi connectivity index (χ3v) is 4.15. The molecular formula is C20H17ClN2. The summed E-state index contributed by atoms with van der Waals surface area (Å²) in [5, 5.41) is 5.22. The smallest absolute Gasteiger partial charge is 0.248 e. The summed E-state index contributed by atoms with van der Waals surface area (Å²) in [4.78, 5) is 0. The predicted molar refractivity (Wildman–Crippen MR) is 91.6 cm³/mol. The van der Waals surface area contributed by atoms with Gasteiger partial charge in [-0.25, -0.2) is 9.13 Å². The minimum atomic E-state index is 0. The normalized spacial score (nSPS) is 10.6. The standard InChI is InChI=1S/C20H17N2.ClH/c1-2-21-11-12-22(15-21)14-20-18-9-5-3-7-16(18)13-17-8-4-6-10-19(17)20;/h2-13,15H,1,14H2;1H/q+1;/p-1. The lowest BCUT2D eigenvalue weighted by Crippen LogP contribution is -3.00.